The molecule has 0 saturated heterocycles. The normalized spacial score (nSPS) is 10.4. The lowest BCUT2D eigenvalue weighted by Crippen LogP contribution is -2.38. The maximum absolute atomic E-state index is 8.31. The number of nitrogens with one attached hydrogen (secondary N) is 1. The number of hydrogen-bond acceptors (Lipinski definition) is 5. The smallest absolute Gasteiger partial charge is 0.0635 e. The molecule has 0 amide bonds. The minimum atomic E-state index is 0.563. The molecule has 0 aliphatic rings. The Morgan fingerprint density at radius 2 is 1.71 bits per heavy atom. The number of rotatable bonds is 9. The molecule has 14 heavy (non-hydrogen) atoms. The van der Waals surface area contributed by atoms with Crippen LogP contribution in [0.15, 0.2) is 0 Å². The van der Waals surface area contributed by atoms with Crippen molar-refractivity contribution in [2.45, 2.75) is 6.42 Å². The minimum absolute atomic E-state index is 0.563. The molecule has 5 N–H and O–H groups in total. The summed E-state index contributed by atoms with van der Waals surface area (Å²) >= 11 is 0. The Morgan fingerprint density at radius 1 is 1.07 bits per heavy atom. The van der Waals surface area contributed by atoms with Crippen molar-refractivity contribution in [3.8, 4) is 6.07 Å². The van der Waals surface area contributed by atoms with Crippen LogP contribution in [0, 0.1) is 11.3 Å². The van der Waals surface area contributed by atoms with Gasteiger partial charge in [0, 0.05) is 52.2 Å². The largest absolute Gasteiger partial charge is 0.329 e. The molecule has 0 aliphatic heterocycles. The number of nitrogens with zero attached hydrogens (tertiary/aromatic N) is 2. The van der Waals surface area contributed by atoms with Gasteiger partial charge < -0.3 is 16.8 Å². The summed E-state index contributed by atoms with van der Waals surface area (Å²) in [5.74, 6) is 0. The van der Waals surface area contributed by atoms with Gasteiger partial charge in [0.1, 0.15) is 0 Å². The Hall–Kier alpha value is -0.670. The first kappa shape index (κ1) is 13.3. The van der Waals surface area contributed by atoms with Crippen molar-refractivity contribution in [2.75, 3.05) is 45.8 Å². The summed E-state index contributed by atoms with van der Waals surface area (Å²) in [6.45, 7) is 5.70. The number of nitriles is 1. The van der Waals surface area contributed by atoms with E-state index in [1.807, 2.05) is 0 Å². The Bertz CT molecular complexity index is 148. The highest BCUT2D eigenvalue weighted by Gasteiger charge is 2.00. The second-order valence-corrected chi connectivity index (χ2v) is 3.08. The van der Waals surface area contributed by atoms with Gasteiger partial charge in [0.15, 0.2) is 0 Å². The van der Waals surface area contributed by atoms with Crippen LogP contribution in [0.1, 0.15) is 6.42 Å². The highest BCUT2D eigenvalue weighted by atomic mass is 15.1. The molecule has 0 fully saturated rings. The van der Waals surface area contributed by atoms with Crippen LogP contribution >= 0.6 is 0 Å². The van der Waals surface area contributed by atoms with E-state index in [1.54, 1.807) is 0 Å². The SMILES string of the molecule is N#CCCNCCN(CCN)CCN. The molecule has 0 spiro atoms. The van der Waals surface area contributed by atoms with Crippen LogP contribution < -0.4 is 16.8 Å². The lowest BCUT2D eigenvalue weighted by molar-refractivity contribution is 0.288. The fourth-order valence-corrected chi connectivity index (χ4v) is 1.21. The number of nitrogens with two attached hydrogens (primary N) is 2. The summed E-state index contributed by atoms with van der Waals surface area (Å²) in [5, 5.41) is 11.5. The van der Waals surface area contributed by atoms with Crippen LogP contribution in [-0.4, -0.2) is 50.7 Å². The molecule has 5 nitrogen and oxygen atoms in total. The van der Waals surface area contributed by atoms with Gasteiger partial charge in [-0.3, -0.25) is 4.90 Å². The predicted octanol–water partition coefficient (Wildman–Crippen LogP) is -1.29. The van der Waals surface area contributed by atoms with Crippen LogP contribution in [0.3, 0.4) is 0 Å². The van der Waals surface area contributed by atoms with Gasteiger partial charge >= 0.3 is 0 Å². The summed E-state index contributed by atoms with van der Waals surface area (Å²) in [6, 6.07) is 2.09. The molecular weight excluding hydrogens is 178 g/mol. The van der Waals surface area contributed by atoms with E-state index in [2.05, 4.69) is 16.3 Å². The molecule has 0 saturated carbocycles. The first-order chi connectivity index (χ1) is 6.85. The van der Waals surface area contributed by atoms with Gasteiger partial charge in [-0.1, -0.05) is 0 Å². The molecule has 0 rings (SSSR count). The first-order valence-corrected chi connectivity index (χ1v) is 5.05. The Kier molecular flexibility index (Phi) is 9.91. The van der Waals surface area contributed by atoms with E-state index in [1.165, 1.54) is 0 Å². The molecule has 0 atom stereocenters. The zero-order valence-electron chi connectivity index (χ0n) is 8.71. The molecule has 82 valence electrons. The van der Waals surface area contributed by atoms with Gasteiger partial charge in [0.2, 0.25) is 0 Å². The van der Waals surface area contributed by atoms with Crippen LogP contribution in [-0.2, 0) is 0 Å². The molecule has 0 aromatic carbocycles. The van der Waals surface area contributed by atoms with Crippen molar-refractivity contribution >= 4 is 0 Å². The first-order valence-electron chi connectivity index (χ1n) is 5.05. The average molecular weight is 199 g/mol. The van der Waals surface area contributed by atoms with Crippen molar-refractivity contribution in [3.05, 3.63) is 0 Å². The quantitative estimate of drug-likeness (QED) is 0.402. The van der Waals surface area contributed by atoms with Crippen molar-refractivity contribution < 1.29 is 0 Å². The molecule has 0 heterocycles. The fraction of sp³-hybridized carbons (Fsp3) is 0.889. The topological polar surface area (TPSA) is 91.1 Å². The third-order valence-corrected chi connectivity index (χ3v) is 1.91. The highest BCUT2D eigenvalue weighted by Crippen LogP contribution is 1.83. The van der Waals surface area contributed by atoms with E-state index in [0.717, 1.165) is 32.7 Å². The summed E-state index contributed by atoms with van der Waals surface area (Å²) in [5.41, 5.74) is 10.9. The van der Waals surface area contributed by atoms with E-state index in [9.17, 15) is 0 Å². The fourth-order valence-electron chi connectivity index (χ4n) is 1.21. The maximum Gasteiger partial charge on any atom is 0.0635 e. The molecular formula is C9H21N5. The van der Waals surface area contributed by atoms with E-state index in [-0.39, 0.29) is 0 Å². The standard InChI is InChI=1S/C9H21N5/c10-2-1-5-13-6-9-14(7-3-11)8-4-12/h13H,1,3-9,11-12H2. The van der Waals surface area contributed by atoms with Crippen LogP contribution in [0.2, 0.25) is 0 Å². The Morgan fingerprint density at radius 3 is 2.21 bits per heavy atom. The van der Waals surface area contributed by atoms with Gasteiger partial charge in [-0.05, 0) is 0 Å². The van der Waals surface area contributed by atoms with Crippen molar-refractivity contribution in [2.24, 2.45) is 11.5 Å². The van der Waals surface area contributed by atoms with Crippen molar-refractivity contribution in [1.82, 2.24) is 10.2 Å². The van der Waals surface area contributed by atoms with E-state index in [0.29, 0.717) is 19.5 Å². The molecule has 0 aliphatic carbocycles. The van der Waals surface area contributed by atoms with Gasteiger partial charge in [0.05, 0.1) is 6.07 Å². The summed E-state index contributed by atoms with van der Waals surface area (Å²) in [4.78, 5) is 2.22. The van der Waals surface area contributed by atoms with E-state index >= 15 is 0 Å². The molecule has 0 bridgehead atoms. The van der Waals surface area contributed by atoms with Gasteiger partial charge in [-0.15, -0.1) is 0 Å². The molecule has 5 heteroatoms. The van der Waals surface area contributed by atoms with Crippen LogP contribution in [0.5, 0.6) is 0 Å². The zero-order chi connectivity index (χ0) is 10.6. The van der Waals surface area contributed by atoms with Gasteiger partial charge in [-0.25, -0.2) is 0 Å². The summed E-state index contributed by atoms with van der Waals surface area (Å²) < 4.78 is 0. The number of hydrogen-bond donors (Lipinski definition) is 3. The average Bonchev–Trinajstić information content (AvgIpc) is 2.18. The van der Waals surface area contributed by atoms with Crippen LogP contribution in [0.25, 0.3) is 0 Å². The molecule has 0 unspecified atom stereocenters. The summed E-state index contributed by atoms with van der Waals surface area (Å²) in [7, 11) is 0. The van der Waals surface area contributed by atoms with Crippen molar-refractivity contribution in [3.63, 3.8) is 0 Å². The zero-order valence-corrected chi connectivity index (χ0v) is 8.71. The second-order valence-electron chi connectivity index (χ2n) is 3.08. The van der Waals surface area contributed by atoms with E-state index in [4.69, 9.17) is 16.7 Å². The molecule has 0 radical (unpaired) electrons. The predicted molar refractivity (Wildman–Crippen MR) is 57.6 cm³/mol. The second kappa shape index (κ2) is 10.4. The van der Waals surface area contributed by atoms with Crippen molar-refractivity contribution in [1.29, 1.82) is 5.26 Å². The lowest BCUT2D eigenvalue weighted by atomic mass is 10.4. The molecule has 0 aromatic rings. The Balaban J connectivity index is 3.36. The van der Waals surface area contributed by atoms with Crippen LogP contribution in [0.4, 0.5) is 0 Å². The third kappa shape index (κ3) is 7.95. The maximum atomic E-state index is 8.31. The minimum Gasteiger partial charge on any atom is -0.329 e. The van der Waals surface area contributed by atoms with E-state index < -0.39 is 0 Å². The lowest BCUT2D eigenvalue weighted by Gasteiger charge is -2.20. The summed E-state index contributed by atoms with van der Waals surface area (Å²) in [6.07, 6.45) is 0.563. The monoisotopic (exact) mass is 199 g/mol. The van der Waals surface area contributed by atoms with Gasteiger partial charge in [0.25, 0.3) is 0 Å². The Labute approximate surface area is 86.0 Å². The highest BCUT2D eigenvalue weighted by molar-refractivity contribution is 4.70. The third-order valence-electron chi connectivity index (χ3n) is 1.91. The molecule has 0 aromatic heterocycles. The van der Waals surface area contributed by atoms with Gasteiger partial charge in [-0.2, -0.15) is 5.26 Å².